The SMILES string of the molecule is CCCCCCCCCCCCCCCCC(=O)O[C@H](COC(=O)CCCCCCC)COP(=O)(O)OC[C@H](O)COP(=O)(O)OC[C@@H](COC(=O)CCCCCCCCCCCCCCCCCC(C)C)OC(=O)CCCCCCCCCCCCCCCCCC(C)C. The minimum absolute atomic E-state index is 0.107. The van der Waals surface area contributed by atoms with Gasteiger partial charge in [0.15, 0.2) is 12.2 Å². The van der Waals surface area contributed by atoms with Crippen LogP contribution < -0.4 is 0 Å². The number of ether oxygens (including phenoxy) is 4. The highest BCUT2D eigenvalue weighted by molar-refractivity contribution is 7.47. The highest BCUT2D eigenvalue weighted by Gasteiger charge is 2.30. The van der Waals surface area contributed by atoms with Crippen LogP contribution in [0.4, 0.5) is 0 Å². The lowest BCUT2D eigenvalue weighted by atomic mass is 10.0. The summed E-state index contributed by atoms with van der Waals surface area (Å²) in [5.41, 5.74) is 0. The fourth-order valence-electron chi connectivity index (χ4n) is 11.7. The Morgan fingerprint density at radius 1 is 0.284 bits per heavy atom. The molecular formula is C76H148O17P2. The number of esters is 4. The normalized spacial score (nSPS) is 14.0. The first-order valence-corrected chi connectivity index (χ1v) is 42.5. The number of phosphoric ester groups is 2. The third-order valence-electron chi connectivity index (χ3n) is 17.7. The zero-order valence-corrected chi connectivity index (χ0v) is 63.8. The van der Waals surface area contributed by atoms with Crippen molar-refractivity contribution in [1.29, 1.82) is 0 Å². The summed E-state index contributed by atoms with van der Waals surface area (Å²) in [7, 11) is -9.90. The molecule has 2 unspecified atom stereocenters. The molecule has 0 rings (SSSR count). The molecule has 0 fully saturated rings. The highest BCUT2D eigenvalue weighted by Crippen LogP contribution is 2.45. The Hall–Kier alpha value is -1.94. The van der Waals surface area contributed by atoms with E-state index < -0.39 is 97.5 Å². The third-order valence-corrected chi connectivity index (χ3v) is 19.6. The number of carbonyl (C=O) groups excluding carboxylic acids is 4. The van der Waals surface area contributed by atoms with Gasteiger partial charge in [-0.15, -0.1) is 0 Å². The monoisotopic (exact) mass is 1400 g/mol. The van der Waals surface area contributed by atoms with Crippen molar-refractivity contribution in [2.45, 2.75) is 413 Å². The van der Waals surface area contributed by atoms with Crippen molar-refractivity contribution >= 4 is 39.5 Å². The molecule has 17 nitrogen and oxygen atoms in total. The maximum absolute atomic E-state index is 13.1. The van der Waals surface area contributed by atoms with Gasteiger partial charge < -0.3 is 33.8 Å². The fourth-order valence-corrected chi connectivity index (χ4v) is 13.2. The Labute approximate surface area is 581 Å². The Morgan fingerprint density at radius 2 is 0.484 bits per heavy atom. The molecule has 0 amide bonds. The van der Waals surface area contributed by atoms with E-state index in [-0.39, 0.29) is 25.7 Å². The number of rotatable bonds is 75. The first kappa shape index (κ1) is 93.1. The highest BCUT2D eigenvalue weighted by atomic mass is 31.2. The number of phosphoric acid groups is 2. The summed E-state index contributed by atoms with van der Waals surface area (Å²) in [5, 5.41) is 10.6. The number of unbranched alkanes of at least 4 members (excludes halogenated alkanes) is 45. The van der Waals surface area contributed by atoms with Gasteiger partial charge in [-0.2, -0.15) is 0 Å². The molecule has 0 aromatic heterocycles. The number of carbonyl (C=O) groups is 4. The second-order valence-electron chi connectivity index (χ2n) is 28.3. The van der Waals surface area contributed by atoms with E-state index >= 15 is 0 Å². The Kier molecular flexibility index (Phi) is 66.5. The molecule has 0 spiro atoms. The molecule has 0 heterocycles. The maximum atomic E-state index is 13.1. The zero-order valence-electron chi connectivity index (χ0n) is 62.0. The minimum Gasteiger partial charge on any atom is -0.462 e. The van der Waals surface area contributed by atoms with E-state index in [9.17, 15) is 43.2 Å². The van der Waals surface area contributed by atoms with Crippen molar-refractivity contribution in [1.82, 2.24) is 0 Å². The second kappa shape index (κ2) is 67.9. The van der Waals surface area contributed by atoms with Crippen LogP contribution in [-0.4, -0.2) is 96.7 Å². The average molecular weight is 1400 g/mol. The van der Waals surface area contributed by atoms with Gasteiger partial charge in [0.25, 0.3) is 0 Å². The molecular weight excluding hydrogens is 1250 g/mol. The van der Waals surface area contributed by atoms with E-state index in [1.54, 1.807) is 0 Å². The first-order chi connectivity index (χ1) is 45.9. The van der Waals surface area contributed by atoms with Crippen molar-refractivity contribution in [2.24, 2.45) is 11.8 Å². The fraction of sp³-hybridized carbons (Fsp3) is 0.947. The quantitative estimate of drug-likeness (QED) is 0.0222. The molecule has 5 atom stereocenters. The van der Waals surface area contributed by atoms with Crippen molar-refractivity contribution in [2.75, 3.05) is 39.6 Å². The smallest absolute Gasteiger partial charge is 0.462 e. The Morgan fingerprint density at radius 3 is 0.716 bits per heavy atom. The Balaban J connectivity index is 5.14. The van der Waals surface area contributed by atoms with Crippen molar-refractivity contribution in [3.05, 3.63) is 0 Å². The minimum atomic E-state index is -4.96. The van der Waals surface area contributed by atoms with Gasteiger partial charge in [-0.05, 0) is 37.5 Å². The van der Waals surface area contributed by atoms with Gasteiger partial charge >= 0.3 is 39.5 Å². The van der Waals surface area contributed by atoms with E-state index in [2.05, 4.69) is 41.5 Å². The van der Waals surface area contributed by atoms with Crippen molar-refractivity contribution in [3.63, 3.8) is 0 Å². The summed E-state index contributed by atoms with van der Waals surface area (Å²) in [6.07, 6.45) is 55.9. The van der Waals surface area contributed by atoms with Crippen LogP contribution in [0, 0.1) is 11.8 Å². The number of aliphatic hydroxyl groups excluding tert-OH is 1. The molecule has 0 aromatic carbocycles. The summed E-state index contributed by atoms with van der Waals surface area (Å²) in [6, 6.07) is 0. The predicted octanol–water partition coefficient (Wildman–Crippen LogP) is 22.3. The second-order valence-corrected chi connectivity index (χ2v) is 31.3. The van der Waals surface area contributed by atoms with Gasteiger partial charge in [-0.1, -0.05) is 343 Å². The number of hydrogen-bond donors (Lipinski definition) is 3. The Bertz CT molecular complexity index is 1840. The third kappa shape index (κ3) is 70.3. The molecule has 0 aliphatic carbocycles. The summed E-state index contributed by atoms with van der Waals surface area (Å²) >= 11 is 0. The molecule has 0 bridgehead atoms. The topological polar surface area (TPSA) is 237 Å². The van der Waals surface area contributed by atoms with Gasteiger partial charge in [0.05, 0.1) is 26.4 Å². The van der Waals surface area contributed by atoms with Crippen LogP contribution >= 0.6 is 15.6 Å². The molecule has 0 radical (unpaired) electrons. The van der Waals surface area contributed by atoms with Crippen LogP contribution in [0.15, 0.2) is 0 Å². The van der Waals surface area contributed by atoms with E-state index in [0.717, 1.165) is 108 Å². The van der Waals surface area contributed by atoms with Crippen molar-refractivity contribution < 1.29 is 80.2 Å². The number of hydrogen-bond acceptors (Lipinski definition) is 15. The standard InChI is InChI=1S/C76H148O17P2/c1-7-9-11-13-14-15-16-17-26-32-37-42-48-54-60-75(80)92-71(64-86-73(78)58-52-44-12-10-8-2)66-90-94(82,83)88-62-70(77)63-89-95(84,85)91-67-72(93-76(81)61-55-49-43-38-33-28-23-19-21-25-30-35-40-46-51-57-69(5)6)65-87-74(79)59-53-47-41-36-31-27-22-18-20-24-29-34-39-45-50-56-68(3)4/h68-72,77H,7-67H2,1-6H3,(H,82,83)(H,84,85)/t70-,71+,72+/m0/s1. The van der Waals surface area contributed by atoms with Gasteiger partial charge in [0.1, 0.15) is 19.3 Å². The molecule has 0 aliphatic rings. The van der Waals surface area contributed by atoms with E-state index in [1.807, 2.05) is 0 Å². The van der Waals surface area contributed by atoms with Crippen LogP contribution in [-0.2, 0) is 65.4 Å². The molecule has 564 valence electrons. The lowest BCUT2D eigenvalue weighted by Crippen LogP contribution is -2.30. The summed E-state index contributed by atoms with van der Waals surface area (Å²) < 4.78 is 68.3. The lowest BCUT2D eigenvalue weighted by Gasteiger charge is -2.21. The van der Waals surface area contributed by atoms with Crippen LogP contribution in [0.1, 0.15) is 395 Å². The van der Waals surface area contributed by atoms with Crippen LogP contribution in [0.3, 0.4) is 0 Å². The molecule has 0 saturated heterocycles. The maximum Gasteiger partial charge on any atom is 0.472 e. The van der Waals surface area contributed by atoms with E-state index in [4.69, 9.17) is 37.0 Å². The van der Waals surface area contributed by atoms with Crippen molar-refractivity contribution in [3.8, 4) is 0 Å². The van der Waals surface area contributed by atoms with Gasteiger partial charge in [-0.25, -0.2) is 9.13 Å². The van der Waals surface area contributed by atoms with E-state index in [0.29, 0.717) is 25.7 Å². The largest absolute Gasteiger partial charge is 0.472 e. The van der Waals surface area contributed by atoms with Gasteiger partial charge in [0.2, 0.25) is 0 Å². The molecule has 0 saturated carbocycles. The molecule has 3 N–H and O–H groups in total. The molecule has 0 aromatic rings. The summed E-state index contributed by atoms with van der Waals surface area (Å²) in [5.74, 6) is -0.516. The lowest BCUT2D eigenvalue weighted by molar-refractivity contribution is -0.161. The van der Waals surface area contributed by atoms with Gasteiger partial charge in [0, 0.05) is 25.7 Å². The van der Waals surface area contributed by atoms with Crippen LogP contribution in [0.5, 0.6) is 0 Å². The molecule has 0 aliphatic heterocycles. The van der Waals surface area contributed by atoms with Crippen LogP contribution in [0.25, 0.3) is 0 Å². The summed E-state index contributed by atoms with van der Waals surface area (Å²) in [4.78, 5) is 72.5. The predicted molar refractivity (Wildman–Crippen MR) is 386 cm³/mol. The van der Waals surface area contributed by atoms with Gasteiger partial charge in [-0.3, -0.25) is 37.3 Å². The molecule has 19 heteroatoms. The average Bonchev–Trinajstić information content (AvgIpc) is 1.71. The van der Waals surface area contributed by atoms with Crippen LogP contribution in [0.2, 0.25) is 0 Å². The first-order valence-electron chi connectivity index (χ1n) is 39.5. The number of aliphatic hydroxyl groups is 1. The zero-order chi connectivity index (χ0) is 70.0. The molecule has 95 heavy (non-hydrogen) atoms. The summed E-state index contributed by atoms with van der Waals surface area (Å²) in [6.45, 7) is 9.57. The van der Waals surface area contributed by atoms with E-state index in [1.165, 1.54) is 205 Å².